The van der Waals surface area contributed by atoms with Crippen LogP contribution in [-0.4, -0.2) is 51.5 Å². The third-order valence-electron chi connectivity index (χ3n) is 4.45. The molecule has 1 saturated heterocycles. The van der Waals surface area contributed by atoms with Gasteiger partial charge in [0.2, 0.25) is 11.9 Å². The van der Waals surface area contributed by atoms with Gasteiger partial charge in [-0.05, 0) is 23.6 Å². The van der Waals surface area contributed by atoms with Gasteiger partial charge in [0.05, 0.1) is 0 Å². The van der Waals surface area contributed by atoms with E-state index in [9.17, 15) is 4.79 Å². The third-order valence-corrected chi connectivity index (χ3v) is 4.45. The van der Waals surface area contributed by atoms with Crippen LogP contribution in [-0.2, 0) is 11.3 Å². The number of amides is 1. The largest absolute Gasteiger partial charge is 0.338 e. The van der Waals surface area contributed by atoms with Crippen molar-refractivity contribution in [3.05, 3.63) is 55.0 Å². The Morgan fingerprint density at radius 2 is 1.71 bits per heavy atom. The molecule has 1 aliphatic heterocycles. The van der Waals surface area contributed by atoms with E-state index >= 15 is 0 Å². The lowest BCUT2D eigenvalue weighted by Crippen LogP contribution is -2.50. The van der Waals surface area contributed by atoms with Gasteiger partial charge in [-0.2, -0.15) is 0 Å². The Labute approximate surface area is 140 Å². The molecule has 0 saturated carbocycles. The van der Waals surface area contributed by atoms with Gasteiger partial charge >= 0.3 is 0 Å². The van der Waals surface area contributed by atoms with Crippen molar-refractivity contribution in [3.63, 3.8) is 0 Å². The van der Waals surface area contributed by atoms with Gasteiger partial charge in [-0.15, -0.1) is 0 Å². The maximum Gasteiger partial charge on any atom is 0.242 e. The maximum atomic E-state index is 12.6. The standard InChI is InChI=1S/C18H19N5O/c24-17(14-23-9-6-15-4-1-2-5-16(15)23)21-10-12-22(13-11-21)18-19-7-3-8-20-18/h1-9H,10-14H2. The van der Waals surface area contributed by atoms with E-state index in [0.29, 0.717) is 19.6 Å². The number of rotatable bonds is 3. The number of piperazine rings is 1. The molecule has 0 unspecified atom stereocenters. The highest BCUT2D eigenvalue weighted by molar-refractivity contribution is 5.83. The SMILES string of the molecule is O=C(Cn1ccc2ccccc21)N1CCN(c2ncccn2)CC1. The molecule has 3 aromatic rings. The van der Waals surface area contributed by atoms with Gasteiger partial charge < -0.3 is 14.4 Å². The topological polar surface area (TPSA) is 54.3 Å². The number of benzene rings is 1. The van der Waals surface area contributed by atoms with Crippen molar-refractivity contribution in [1.82, 2.24) is 19.4 Å². The van der Waals surface area contributed by atoms with Crippen molar-refractivity contribution in [2.45, 2.75) is 6.54 Å². The maximum absolute atomic E-state index is 12.6. The Morgan fingerprint density at radius 1 is 0.958 bits per heavy atom. The summed E-state index contributed by atoms with van der Waals surface area (Å²) in [4.78, 5) is 25.2. The van der Waals surface area contributed by atoms with E-state index < -0.39 is 0 Å². The molecule has 0 spiro atoms. The van der Waals surface area contributed by atoms with Crippen molar-refractivity contribution >= 4 is 22.8 Å². The minimum absolute atomic E-state index is 0.157. The summed E-state index contributed by atoms with van der Waals surface area (Å²) in [5.74, 6) is 0.894. The summed E-state index contributed by atoms with van der Waals surface area (Å²) >= 11 is 0. The van der Waals surface area contributed by atoms with Crippen LogP contribution in [0.2, 0.25) is 0 Å². The summed E-state index contributed by atoms with van der Waals surface area (Å²) in [5, 5.41) is 1.16. The van der Waals surface area contributed by atoms with Crippen LogP contribution in [0.4, 0.5) is 5.95 Å². The van der Waals surface area contributed by atoms with Crippen LogP contribution in [0.3, 0.4) is 0 Å². The number of hydrogen-bond acceptors (Lipinski definition) is 4. The van der Waals surface area contributed by atoms with Crippen molar-refractivity contribution in [3.8, 4) is 0 Å². The number of carbonyl (C=O) groups is 1. The Hall–Kier alpha value is -2.89. The van der Waals surface area contributed by atoms with Crippen LogP contribution in [0.1, 0.15) is 0 Å². The molecular formula is C18H19N5O. The van der Waals surface area contributed by atoms with Crippen molar-refractivity contribution in [1.29, 1.82) is 0 Å². The average Bonchev–Trinajstić information content (AvgIpc) is 3.06. The molecule has 1 aliphatic rings. The van der Waals surface area contributed by atoms with E-state index in [4.69, 9.17) is 0 Å². The van der Waals surface area contributed by atoms with Crippen molar-refractivity contribution in [2.75, 3.05) is 31.1 Å². The molecule has 0 bridgehead atoms. The molecule has 0 atom stereocenters. The van der Waals surface area contributed by atoms with Crippen LogP contribution in [0.15, 0.2) is 55.0 Å². The first-order valence-electron chi connectivity index (χ1n) is 8.15. The number of nitrogens with zero attached hydrogens (tertiary/aromatic N) is 5. The van der Waals surface area contributed by atoms with E-state index in [1.807, 2.05) is 46.0 Å². The molecule has 0 radical (unpaired) electrons. The summed E-state index contributed by atoms with van der Waals surface area (Å²) < 4.78 is 2.02. The minimum atomic E-state index is 0.157. The monoisotopic (exact) mass is 321 g/mol. The second-order valence-electron chi connectivity index (χ2n) is 5.92. The molecule has 3 heterocycles. The molecule has 122 valence electrons. The molecule has 1 amide bonds. The molecule has 1 aromatic carbocycles. The zero-order chi connectivity index (χ0) is 16.4. The summed E-state index contributed by atoms with van der Waals surface area (Å²) in [6, 6.07) is 12.0. The lowest BCUT2D eigenvalue weighted by molar-refractivity contribution is -0.132. The fraction of sp³-hybridized carbons (Fsp3) is 0.278. The van der Waals surface area contributed by atoms with Crippen molar-refractivity contribution in [2.24, 2.45) is 0 Å². The Bertz CT molecular complexity index is 837. The van der Waals surface area contributed by atoms with Gasteiger partial charge in [0, 0.05) is 50.3 Å². The first-order valence-corrected chi connectivity index (χ1v) is 8.15. The molecule has 6 nitrogen and oxygen atoms in total. The van der Waals surface area contributed by atoms with Gasteiger partial charge in [-0.3, -0.25) is 4.79 Å². The van der Waals surface area contributed by atoms with Gasteiger partial charge in [-0.1, -0.05) is 18.2 Å². The molecule has 0 N–H and O–H groups in total. The second kappa shape index (κ2) is 6.31. The molecule has 1 fully saturated rings. The molecule has 0 aliphatic carbocycles. The van der Waals surface area contributed by atoms with Crippen molar-refractivity contribution < 1.29 is 4.79 Å². The average molecular weight is 321 g/mol. The highest BCUT2D eigenvalue weighted by Gasteiger charge is 2.22. The molecule has 24 heavy (non-hydrogen) atoms. The molecule has 6 heteroatoms. The predicted octanol–water partition coefficient (Wildman–Crippen LogP) is 1.78. The Kier molecular flexibility index (Phi) is 3.86. The van der Waals surface area contributed by atoms with Crippen LogP contribution < -0.4 is 4.90 Å². The fourth-order valence-electron chi connectivity index (χ4n) is 3.13. The highest BCUT2D eigenvalue weighted by Crippen LogP contribution is 2.16. The lowest BCUT2D eigenvalue weighted by atomic mass is 10.2. The minimum Gasteiger partial charge on any atom is -0.338 e. The second-order valence-corrected chi connectivity index (χ2v) is 5.92. The lowest BCUT2D eigenvalue weighted by Gasteiger charge is -2.34. The zero-order valence-electron chi connectivity index (χ0n) is 13.4. The first kappa shape index (κ1) is 14.7. The van der Waals surface area contributed by atoms with E-state index in [-0.39, 0.29) is 5.91 Å². The van der Waals surface area contributed by atoms with Crippen LogP contribution in [0, 0.1) is 0 Å². The molecular weight excluding hydrogens is 302 g/mol. The van der Waals surface area contributed by atoms with Crippen LogP contribution >= 0.6 is 0 Å². The quantitative estimate of drug-likeness (QED) is 0.738. The van der Waals surface area contributed by atoms with Gasteiger partial charge in [0.15, 0.2) is 0 Å². The number of carbonyl (C=O) groups excluding carboxylic acids is 1. The Morgan fingerprint density at radius 3 is 2.50 bits per heavy atom. The molecule has 2 aromatic heterocycles. The van der Waals surface area contributed by atoms with Gasteiger partial charge in [0.1, 0.15) is 6.54 Å². The summed E-state index contributed by atoms with van der Waals surface area (Å²) in [7, 11) is 0. The number of para-hydroxylation sites is 1. The number of hydrogen-bond donors (Lipinski definition) is 0. The van der Waals surface area contributed by atoms with E-state index in [1.165, 1.54) is 0 Å². The summed E-state index contributed by atoms with van der Waals surface area (Å²) in [6.45, 7) is 3.33. The normalized spacial score (nSPS) is 15.0. The number of aromatic nitrogens is 3. The summed E-state index contributed by atoms with van der Waals surface area (Å²) in [5.41, 5.74) is 1.10. The highest BCUT2D eigenvalue weighted by atomic mass is 16.2. The first-order chi connectivity index (χ1) is 11.8. The Balaban J connectivity index is 1.40. The number of fused-ring (bicyclic) bond motifs is 1. The number of anilines is 1. The van der Waals surface area contributed by atoms with Gasteiger partial charge in [-0.25, -0.2) is 9.97 Å². The predicted molar refractivity (Wildman–Crippen MR) is 92.8 cm³/mol. The third kappa shape index (κ3) is 2.82. The smallest absolute Gasteiger partial charge is 0.242 e. The van der Waals surface area contributed by atoms with E-state index in [1.54, 1.807) is 12.4 Å². The van der Waals surface area contributed by atoms with E-state index in [0.717, 1.165) is 29.9 Å². The molecule has 4 rings (SSSR count). The fourth-order valence-corrected chi connectivity index (χ4v) is 3.13. The van der Waals surface area contributed by atoms with Crippen LogP contribution in [0.25, 0.3) is 10.9 Å². The van der Waals surface area contributed by atoms with Crippen LogP contribution in [0.5, 0.6) is 0 Å². The van der Waals surface area contributed by atoms with Gasteiger partial charge in [0.25, 0.3) is 0 Å². The van der Waals surface area contributed by atoms with E-state index in [2.05, 4.69) is 20.9 Å². The zero-order valence-corrected chi connectivity index (χ0v) is 13.4. The summed E-state index contributed by atoms with van der Waals surface area (Å²) in [6.07, 6.45) is 5.48.